The van der Waals surface area contributed by atoms with Crippen LogP contribution in [0.1, 0.15) is 22.6 Å². The number of carbonyl (C=O) groups is 1. The van der Waals surface area contributed by atoms with Gasteiger partial charge in [-0.2, -0.15) is 0 Å². The Morgan fingerprint density at radius 2 is 1.67 bits per heavy atom. The van der Waals surface area contributed by atoms with Crippen LogP contribution in [-0.2, 0) is 14.8 Å². The summed E-state index contributed by atoms with van der Waals surface area (Å²) in [6.45, 7) is 1.77. The fraction of sp³-hybridized carbons (Fsp3) is 0.160. The molecule has 1 atom stereocenters. The minimum atomic E-state index is -3.78. The van der Waals surface area contributed by atoms with Crippen LogP contribution in [0.3, 0.4) is 0 Å². The number of hydrogen-bond donors (Lipinski definition) is 3. The Kier molecular flexibility index (Phi) is 6.83. The first kappa shape index (κ1) is 23.0. The van der Waals surface area contributed by atoms with E-state index in [9.17, 15) is 13.2 Å². The van der Waals surface area contributed by atoms with Gasteiger partial charge in [0.15, 0.2) is 0 Å². The number of aromatic amines is 1. The molecule has 0 saturated heterocycles. The van der Waals surface area contributed by atoms with E-state index in [1.54, 1.807) is 12.1 Å². The highest BCUT2D eigenvalue weighted by atomic mass is 35.5. The third-order valence-electron chi connectivity index (χ3n) is 5.53. The van der Waals surface area contributed by atoms with Crippen molar-refractivity contribution in [2.75, 3.05) is 13.1 Å². The molecular weight excluding hydrogens is 458 g/mol. The van der Waals surface area contributed by atoms with Gasteiger partial charge in [-0.3, -0.25) is 4.79 Å². The van der Waals surface area contributed by atoms with E-state index < -0.39 is 15.9 Å². The van der Waals surface area contributed by atoms with E-state index in [2.05, 4.69) is 15.0 Å². The minimum absolute atomic E-state index is 0.119. The molecule has 1 amide bonds. The number of halogens is 1. The molecule has 4 aromatic rings. The van der Waals surface area contributed by atoms with E-state index in [0.717, 1.165) is 27.6 Å². The van der Waals surface area contributed by atoms with Gasteiger partial charge in [-0.1, -0.05) is 65.7 Å². The zero-order chi connectivity index (χ0) is 23.4. The lowest BCUT2D eigenvalue weighted by Gasteiger charge is -2.19. The number of hydrogen-bond acceptors (Lipinski definition) is 3. The van der Waals surface area contributed by atoms with Crippen molar-refractivity contribution in [3.63, 3.8) is 0 Å². The van der Waals surface area contributed by atoms with Crippen LogP contribution in [0.5, 0.6) is 0 Å². The SMILES string of the molecule is Cc1ccc(S(=O)(=O)NCC(=O)NC[C@@H](c2ccccc2Cl)c2c[nH]c3ccccc23)cc1. The third-order valence-corrected chi connectivity index (χ3v) is 7.30. The van der Waals surface area contributed by atoms with E-state index >= 15 is 0 Å². The van der Waals surface area contributed by atoms with Gasteiger partial charge in [0.2, 0.25) is 15.9 Å². The van der Waals surface area contributed by atoms with Crippen molar-refractivity contribution >= 4 is 38.4 Å². The monoisotopic (exact) mass is 481 g/mol. The summed E-state index contributed by atoms with van der Waals surface area (Å²) in [4.78, 5) is 15.9. The highest BCUT2D eigenvalue weighted by Crippen LogP contribution is 2.34. The molecule has 1 heterocycles. The molecule has 33 heavy (non-hydrogen) atoms. The van der Waals surface area contributed by atoms with Gasteiger partial charge in [-0.25, -0.2) is 13.1 Å². The van der Waals surface area contributed by atoms with Crippen LogP contribution in [0.2, 0.25) is 5.02 Å². The van der Waals surface area contributed by atoms with Crippen molar-refractivity contribution in [3.8, 4) is 0 Å². The molecule has 0 unspecified atom stereocenters. The van der Waals surface area contributed by atoms with Gasteiger partial charge in [-0.05, 0) is 42.3 Å². The minimum Gasteiger partial charge on any atom is -0.361 e. The molecule has 3 aromatic carbocycles. The van der Waals surface area contributed by atoms with Gasteiger partial charge in [0, 0.05) is 34.6 Å². The summed E-state index contributed by atoms with van der Waals surface area (Å²) in [5.41, 5.74) is 3.82. The van der Waals surface area contributed by atoms with Crippen molar-refractivity contribution in [3.05, 3.63) is 101 Å². The molecule has 0 fully saturated rings. The number of fused-ring (bicyclic) bond motifs is 1. The Labute approximate surface area is 198 Å². The van der Waals surface area contributed by atoms with E-state index in [1.807, 2.05) is 61.7 Å². The maximum atomic E-state index is 12.6. The van der Waals surface area contributed by atoms with Gasteiger partial charge in [-0.15, -0.1) is 0 Å². The lowest BCUT2D eigenvalue weighted by molar-refractivity contribution is -0.119. The number of benzene rings is 3. The molecule has 8 heteroatoms. The highest BCUT2D eigenvalue weighted by Gasteiger charge is 2.22. The average Bonchev–Trinajstić information content (AvgIpc) is 3.23. The second-order valence-electron chi connectivity index (χ2n) is 7.81. The second-order valence-corrected chi connectivity index (χ2v) is 9.98. The zero-order valence-electron chi connectivity index (χ0n) is 18.0. The molecule has 4 rings (SSSR count). The number of amides is 1. The largest absolute Gasteiger partial charge is 0.361 e. The van der Waals surface area contributed by atoms with Crippen LogP contribution in [0, 0.1) is 6.92 Å². The third kappa shape index (κ3) is 5.27. The Balaban J connectivity index is 1.50. The number of carbonyl (C=O) groups excluding carboxylic acids is 1. The van der Waals surface area contributed by atoms with Crippen LogP contribution >= 0.6 is 11.6 Å². The van der Waals surface area contributed by atoms with Crippen LogP contribution in [0.25, 0.3) is 10.9 Å². The van der Waals surface area contributed by atoms with Crippen LogP contribution in [-0.4, -0.2) is 32.4 Å². The first-order valence-electron chi connectivity index (χ1n) is 10.5. The van der Waals surface area contributed by atoms with Crippen molar-refractivity contribution < 1.29 is 13.2 Å². The number of nitrogens with one attached hydrogen (secondary N) is 3. The number of aromatic nitrogens is 1. The van der Waals surface area contributed by atoms with Crippen LogP contribution in [0.4, 0.5) is 0 Å². The quantitative estimate of drug-likeness (QED) is 0.349. The Morgan fingerprint density at radius 3 is 2.42 bits per heavy atom. The summed E-state index contributed by atoms with van der Waals surface area (Å²) in [6, 6.07) is 21.9. The highest BCUT2D eigenvalue weighted by molar-refractivity contribution is 7.89. The average molecular weight is 482 g/mol. The van der Waals surface area contributed by atoms with Gasteiger partial charge in [0.1, 0.15) is 0 Å². The molecule has 6 nitrogen and oxygen atoms in total. The summed E-state index contributed by atoms with van der Waals surface area (Å²) in [5.74, 6) is -0.643. The number of rotatable bonds is 8. The normalized spacial score (nSPS) is 12.5. The van der Waals surface area contributed by atoms with E-state index in [4.69, 9.17) is 11.6 Å². The topological polar surface area (TPSA) is 91.1 Å². The molecule has 0 radical (unpaired) electrons. The summed E-state index contributed by atoms with van der Waals surface area (Å²) in [7, 11) is -3.78. The standard InChI is InChI=1S/C25H24ClN3O3S/c1-17-10-12-18(13-11-17)33(31,32)29-16-25(30)28-15-21(19-6-2-4-8-23(19)26)22-14-27-24-9-5-3-7-20(22)24/h2-14,21,27,29H,15-16H2,1H3,(H,28,30)/t21-/m0/s1. The molecule has 1 aromatic heterocycles. The summed E-state index contributed by atoms with van der Waals surface area (Å²) in [6.07, 6.45) is 1.92. The van der Waals surface area contributed by atoms with Gasteiger partial charge < -0.3 is 10.3 Å². The first-order valence-corrected chi connectivity index (χ1v) is 12.3. The van der Waals surface area contributed by atoms with Crippen molar-refractivity contribution in [2.45, 2.75) is 17.7 Å². The van der Waals surface area contributed by atoms with Gasteiger partial charge >= 0.3 is 0 Å². The number of H-pyrrole nitrogens is 1. The van der Waals surface area contributed by atoms with Crippen LogP contribution in [0.15, 0.2) is 83.9 Å². The van der Waals surface area contributed by atoms with Crippen molar-refractivity contribution in [1.82, 2.24) is 15.0 Å². The Bertz CT molecular complexity index is 1380. The predicted molar refractivity (Wildman–Crippen MR) is 131 cm³/mol. The van der Waals surface area contributed by atoms with Gasteiger partial charge in [0.25, 0.3) is 0 Å². The van der Waals surface area contributed by atoms with E-state index in [1.165, 1.54) is 12.1 Å². The first-order chi connectivity index (χ1) is 15.8. The van der Waals surface area contributed by atoms with E-state index in [0.29, 0.717) is 5.02 Å². The number of para-hydroxylation sites is 1. The number of aryl methyl sites for hydroxylation is 1. The summed E-state index contributed by atoms with van der Waals surface area (Å²) < 4.78 is 27.3. The van der Waals surface area contributed by atoms with Crippen molar-refractivity contribution in [1.29, 1.82) is 0 Å². The molecule has 0 saturated carbocycles. The summed E-state index contributed by atoms with van der Waals surface area (Å²) >= 11 is 6.49. The molecule has 0 spiro atoms. The van der Waals surface area contributed by atoms with Gasteiger partial charge in [0.05, 0.1) is 11.4 Å². The van der Waals surface area contributed by atoms with Crippen molar-refractivity contribution in [2.24, 2.45) is 0 Å². The molecule has 0 aliphatic rings. The lowest BCUT2D eigenvalue weighted by Crippen LogP contribution is -2.38. The van der Waals surface area contributed by atoms with E-state index in [-0.39, 0.29) is 23.9 Å². The molecule has 0 aliphatic heterocycles. The maximum Gasteiger partial charge on any atom is 0.241 e. The fourth-order valence-corrected chi connectivity index (χ4v) is 5.02. The maximum absolute atomic E-state index is 12.6. The molecular formula is C25H24ClN3O3S. The molecule has 170 valence electrons. The summed E-state index contributed by atoms with van der Waals surface area (Å²) in [5, 5.41) is 4.49. The molecule has 3 N–H and O–H groups in total. The van der Waals surface area contributed by atoms with Crippen LogP contribution < -0.4 is 10.0 Å². The lowest BCUT2D eigenvalue weighted by atomic mass is 9.90. The smallest absolute Gasteiger partial charge is 0.241 e. The Hall–Kier alpha value is -3.13. The molecule has 0 bridgehead atoms. The second kappa shape index (κ2) is 9.79. The Morgan fingerprint density at radius 1 is 0.970 bits per heavy atom. The molecule has 0 aliphatic carbocycles. The zero-order valence-corrected chi connectivity index (χ0v) is 19.6. The predicted octanol–water partition coefficient (Wildman–Crippen LogP) is 4.36. The fourth-order valence-electron chi connectivity index (χ4n) is 3.77. The number of sulfonamides is 1.